The molecule has 0 amide bonds. The van der Waals surface area contributed by atoms with Crippen LogP contribution in [-0.4, -0.2) is 37.3 Å². The fourth-order valence-electron chi connectivity index (χ4n) is 3.72. The Morgan fingerprint density at radius 2 is 1.86 bits per heavy atom. The topological polar surface area (TPSA) is 116 Å². The first-order chi connectivity index (χ1) is 16.4. The predicted molar refractivity (Wildman–Crippen MR) is 121 cm³/mol. The van der Waals surface area contributed by atoms with Gasteiger partial charge in [-0.25, -0.2) is 9.78 Å². The van der Waals surface area contributed by atoms with Crippen LogP contribution < -0.4 is 20.7 Å². The van der Waals surface area contributed by atoms with Crippen LogP contribution >= 0.6 is 0 Å². The predicted octanol–water partition coefficient (Wildman–Crippen LogP) is 3.25. The molecule has 190 valence electrons. The van der Waals surface area contributed by atoms with Crippen LogP contribution in [0, 0.1) is 5.92 Å². The molecule has 2 aromatic heterocycles. The Morgan fingerprint density at radius 1 is 1.17 bits per heavy atom. The summed E-state index contributed by atoms with van der Waals surface area (Å²) < 4.78 is 49.7. The van der Waals surface area contributed by atoms with Gasteiger partial charge < -0.3 is 19.7 Å². The summed E-state index contributed by atoms with van der Waals surface area (Å²) in [7, 11) is 1.42. The number of alkyl halides is 3. The van der Waals surface area contributed by atoms with Crippen molar-refractivity contribution in [2.24, 2.45) is 13.0 Å². The number of aryl methyl sites for hydroxylation is 1. The number of aliphatic hydroxyl groups is 2. The smallest absolute Gasteiger partial charge is 0.455 e. The molecule has 9 nitrogen and oxygen atoms in total. The first-order valence-corrected chi connectivity index (χ1v) is 10.9. The Labute approximate surface area is 198 Å². The van der Waals surface area contributed by atoms with Gasteiger partial charge in [-0.3, -0.25) is 13.9 Å². The van der Waals surface area contributed by atoms with Crippen LogP contribution in [0.25, 0.3) is 11.0 Å². The minimum Gasteiger partial charge on any atom is -0.455 e. The minimum atomic E-state index is -4.90. The fraction of sp³-hybridized carbons (Fsp3) is 0.435. The van der Waals surface area contributed by atoms with Gasteiger partial charge in [-0.2, -0.15) is 0 Å². The second kappa shape index (κ2) is 10.5. The molecule has 0 fully saturated rings. The van der Waals surface area contributed by atoms with Crippen LogP contribution in [-0.2, 0) is 13.6 Å². The zero-order valence-corrected chi connectivity index (χ0v) is 19.4. The Balaban J connectivity index is 2.23. The highest BCUT2D eigenvalue weighted by molar-refractivity contribution is 5.81. The summed E-state index contributed by atoms with van der Waals surface area (Å²) in [5.41, 5.74) is -1.29. The van der Waals surface area contributed by atoms with Crippen molar-refractivity contribution in [1.29, 1.82) is 0 Å². The quantitative estimate of drug-likeness (QED) is 0.466. The van der Waals surface area contributed by atoms with Crippen molar-refractivity contribution in [3.05, 3.63) is 56.9 Å². The fourth-order valence-corrected chi connectivity index (χ4v) is 3.72. The SMILES string of the molecule is CC(C)CC(O)c1c(Oc2cccc(OC(F)(F)F)c2)cnc2c1c(=O)n(CCCO)c(=O)n2C. The lowest BCUT2D eigenvalue weighted by Crippen LogP contribution is -2.40. The number of fused-ring (bicyclic) bond motifs is 1. The van der Waals surface area contributed by atoms with E-state index in [9.17, 15) is 27.9 Å². The Morgan fingerprint density at radius 3 is 2.49 bits per heavy atom. The van der Waals surface area contributed by atoms with Crippen molar-refractivity contribution < 1.29 is 32.9 Å². The minimum absolute atomic E-state index is 0.00808. The molecule has 1 unspecified atom stereocenters. The highest BCUT2D eigenvalue weighted by atomic mass is 19.4. The second-order valence-electron chi connectivity index (χ2n) is 8.38. The molecule has 0 spiro atoms. The molecule has 0 radical (unpaired) electrons. The van der Waals surface area contributed by atoms with E-state index in [1.807, 2.05) is 13.8 Å². The molecular formula is C23H26F3N3O6. The van der Waals surface area contributed by atoms with Crippen molar-refractivity contribution >= 4 is 11.0 Å². The van der Waals surface area contributed by atoms with E-state index >= 15 is 0 Å². The van der Waals surface area contributed by atoms with E-state index in [-0.39, 0.29) is 60.0 Å². The standard InChI is InChI=1S/C23H26F3N3O6/c1-13(2)10-16(31)18-17(34-14-6-4-7-15(11-14)35-23(24,25)26)12-27-20-19(18)21(32)29(8-5-9-30)22(33)28(20)3/h4,6-7,11-13,16,30-31H,5,8-10H2,1-3H3. The monoisotopic (exact) mass is 497 g/mol. The molecule has 3 aromatic rings. The van der Waals surface area contributed by atoms with Crippen molar-refractivity contribution in [2.45, 2.75) is 45.7 Å². The molecule has 3 rings (SSSR count). The molecule has 0 aliphatic heterocycles. The van der Waals surface area contributed by atoms with Crippen LogP contribution in [0.4, 0.5) is 13.2 Å². The number of hydrogen-bond acceptors (Lipinski definition) is 7. The van der Waals surface area contributed by atoms with Gasteiger partial charge in [-0.05, 0) is 30.9 Å². The summed E-state index contributed by atoms with van der Waals surface area (Å²) in [6.45, 7) is 3.43. The summed E-state index contributed by atoms with van der Waals surface area (Å²) in [5, 5.41) is 20.2. The van der Waals surface area contributed by atoms with E-state index in [4.69, 9.17) is 9.84 Å². The lowest BCUT2D eigenvalue weighted by atomic mass is 9.97. The third kappa shape index (κ3) is 6.01. The zero-order valence-electron chi connectivity index (χ0n) is 19.4. The van der Waals surface area contributed by atoms with Gasteiger partial charge in [0.2, 0.25) is 0 Å². The summed E-state index contributed by atoms with van der Waals surface area (Å²) >= 11 is 0. The maximum atomic E-state index is 13.4. The van der Waals surface area contributed by atoms with Gasteiger partial charge in [0.1, 0.15) is 17.1 Å². The number of aromatic nitrogens is 3. The number of ether oxygens (including phenoxy) is 2. The van der Waals surface area contributed by atoms with Crippen molar-refractivity contribution in [3.8, 4) is 17.2 Å². The molecule has 0 saturated heterocycles. The Kier molecular flexibility index (Phi) is 7.86. The number of halogens is 3. The molecular weight excluding hydrogens is 471 g/mol. The van der Waals surface area contributed by atoms with Crippen LogP contribution in [0.5, 0.6) is 17.2 Å². The Bertz CT molecular complexity index is 1320. The van der Waals surface area contributed by atoms with Crippen LogP contribution in [0.2, 0.25) is 0 Å². The molecule has 2 heterocycles. The van der Waals surface area contributed by atoms with E-state index in [1.165, 1.54) is 25.4 Å². The number of hydrogen-bond donors (Lipinski definition) is 2. The third-order valence-corrected chi connectivity index (χ3v) is 5.19. The molecule has 35 heavy (non-hydrogen) atoms. The van der Waals surface area contributed by atoms with E-state index in [2.05, 4.69) is 9.72 Å². The molecule has 1 atom stereocenters. The van der Waals surface area contributed by atoms with E-state index < -0.39 is 29.5 Å². The first kappa shape index (κ1) is 26.2. The van der Waals surface area contributed by atoms with Crippen molar-refractivity contribution in [3.63, 3.8) is 0 Å². The summed E-state index contributed by atoms with van der Waals surface area (Å²) in [6.07, 6.45) is -4.52. The Hall–Kier alpha value is -3.38. The molecule has 0 aliphatic rings. The summed E-state index contributed by atoms with van der Waals surface area (Å²) in [5.74, 6) is -0.605. The maximum absolute atomic E-state index is 13.4. The molecule has 1 aromatic carbocycles. The molecule has 12 heteroatoms. The van der Waals surface area contributed by atoms with Gasteiger partial charge in [-0.1, -0.05) is 19.9 Å². The summed E-state index contributed by atoms with van der Waals surface area (Å²) in [4.78, 5) is 30.2. The van der Waals surface area contributed by atoms with Crippen LogP contribution in [0.3, 0.4) is 0 Å². The highest BCUT2D eigenvalue weighted by Gasteiger charge is 2.31. The molecule has 0 aliphatic carbocycles. The van der Waals surface area contributed by atoms with Gasteiger partial charge in [0.25, 0.3) is 5.56 Å². The van der Waals surface area contributed by atoms with Crippen molar-refractivity contribution in [2.75, 3.05) is 6.61 Å². The van der Waals surface area contributed by atoms with E-state index in [0.29, 0.717) is 0 Å². The van der Waals surface area contributed by atoms with Gasteiger partial charge in [-0.15, -0.1) is 13.2 Å². The zero-order chi connectivity index (χ0) is 25.9. The van der Waals surface area contributed by atoms with E-state index in [0.717, 1.165) is 21.3 Å². The van der Waals surface area contributed by atoms with E-state index in [1.54, 1.807) is 0 Å². The average Bonchev–Trinajstić information content (AvgIpc) is 2.76. The third-order valence-electron chi connectivity index (χ3n) is 5.19. The van der Waals surface area contributed by atoms with Crippen LogP contribution in [0.15, 0.2) is 40.1 Å². The number of rotatable bonds is 9. The molecule has 0 saturated carbocycles. The van der Waals surface area contributed by atoms with Gasteiger partial charge >= 0.3 is 12.1 Å². The maximum Gasteiger partial charge on any atom is 0.573 e. The highest BCUT2D eigenvalue weighted by Crippen LogP contribution is 2.36. The second-order valence-corrected chi connectivity index (χ2v) is 8.38. The number of benzene rings is 1. The number of nitrogens with zero attached hydrogens (tertiary/aromatic N) is 3. The van der Waals surface area contributed by atoms with Crippen LogP contribution in [0.1, 0.15) is 38.4 Å². The number of aliphatic hydroxyl groups excluding tert-OH is 2. The van der Waals surface area contributed by atoms with Crippen molar-refractivity contribution in [1.82, 2.24) is 14.1 Å². The molecule has 0 bridgehead atoms. The summed E-state index contributed by atoms with van der Waals surface area (Å²) in [6, 6.07) is 4.78. The lowest BCUT2D eigenvalue weighted by molar-refractivity contribution is -0.274. The van der Waals surface area contributed by atoms with Gasteiger partial charge in [0.05, 0.1) is 17.7 Å². The lowest BCUT2D eigenvalue weighted by Gasteiger charge is -2.21. The van der Waals surface area contributed by atoms with Gasteiger partial charge in [0, 0.05) is 31.8 Å². The number of pyridine rings is 1. The average molecular weight is 497 g/mol. The van der Waals surface area contributed by atoms with Gasteiger partial charge in [0.15, 0.2) is 5.75 Å². The normalized spacial score (nSPS) is 12.8. The molecule has 2 N–H and O–H groups in total. The largest absolute Gasteiger partial charge is 0.573 e. The first-order valence-electron chi connectivity index (χ1n) is 10.9.